The predicted molar refractivity (Wildman–Crippen MR) is 141 cm³/mol. The fourth-order valence-corrected chi connectivity index (χ4v) is 3.68. The summed E-state index contributed by atoms with van der Waals surface area (Å²) in [5, 5.41) is 14.0. The third kappa shape index (κ3) is 9.04. The maximum absolute atomic E-state index is 12.9. The molecule has 0 bridgehead atoms. The highest BCUT2D eigenvalue weighted by atomic mass is 35.5. The first-order valence-corrected chi connectivity index (χ1v) is 12.2. The molecule has 0 aliphatic carbocycles. The molecule has 0 fully saturated rings. The molecule has 2 amide bonds. The molecule has 2 aromatic carbocycles. The van der Waals surface area contributed by atoms with Crippen LogP contribution in [-0.4, -0.2) is 50.2 Å². The van der Waals surface area contributed by atoms with Gasteiger partial charge < -0.3 is 20.1 Å². The van der Waals surface area contributed by atoms with E-state index in [1.54, 1.807) is 57.2 Å². The molecule has 9 nitrogen and oxygen atoms in total. The smallest absolute Gasteiger partial charge is 0.410 e. The molecule has 1 heterocycles. The number of aliphatic hydroxyl groups is 1. The van der Waals surface area contributed by atoms with E-state index in [1.165, 1.54) is 28.1 Å². The minimum atomic E-state index is -0.934. The Morgan fingerprint density at radius 3 is 2.54 bits per heavy atom. The number of anilines is 1. The third-order valence-corrected chi connectivity index (χ3v) is 5.53. The van der Waals surface area contributed by atoms with Crippen LogP contribution < -0.4 is 10.9 Å². The van der Waals surface area contributed by atoms with Gasteiger partial charge in [-0.25, -0.2) is 9.78 Å². The standard InChI is InChI=1S/C27H31ClN4O5/c1-27(2,3)37-26(36)31(16-23(33)20-5-4-6-21(28)15-20)14-12-19-7-9-22(10-8-19)30-24(34)17-32-18-29-13-11-25(32)35/h4-11,13,15,18,23,33H,12,14,16-17H2,1-3H3,(H,30,34)/t23-/m0/s1. The monoisotopic (exact) mass is 526 g/mol. The molecule has 3 rings (SSSR count). The Hall–Kier alpha value is -3.69. The quantitative estimate of drug-likeness (QED) is 0.435. The summed E-state index contributed by atoms with van der Waals surface area (Å²) in [5.41, 5.74) is 1.11. The number of aliphatic hydroxyl groups excluding tert-OH is 1. The highest BCUT2D eigenvalue weighted by Gasteiger charge is 2.24. The van der Waals surface area contributed by atoms with Crippen molar-refractivity contribution in [1.29, 1.82) is 0 Å². The maximum atomic E-state index is 12.9. The van der Waals surface area contributed by atoms with Crippen LogP contribution in [0.1, 0.15) is 38.0 Å². The first-order valence-electron chi connectivity index (χ1n) is 11.8. The predicted octanol–water partition coefficient (Wildman–Crippen LogP) is 4.05. The Kier molecular flexibility index (Phi) is 9.43. The van der Waals surface area contributed by atoms with Gasteiger partial charge in [-0.1, -0.05) is 35.9 Å². The Morgan fingerprint density at radius 2 is 1.89 bits per heavy atom. The number of ether oxygens (including phenoxy) is 1. The zero-order valence-electron chi connectivity index (χ0n) is 21.1. The molecule has 3 aromatic rings. The number of aromatic nitrogens is 2. The van der Waals surface area contributed by atoms with Gasteiger partial charge in [-0.3, -0.25) is 14.2 Å². The molecule has 2 N–H and O–H groups in total. The van der Waals surface area contributed by atoms with Crippen molar-refractivity contribution in [2.45, 2.75) is 45.4 Å². The van der Waals surface area contributed by atoms with Crippen LogP contribution in [0.3, 0.4) is 0 Å². The number of nitrogens with zero attached hydrogens (tertiary/aromatic N) is 3. The Bertz CT molecular complexity index is 1270. The van der Waals surface area contributed by atoms with Gasteiger partial charge in [-0.15, -0.1) is 0 Å². The number of halogens is 1. The Morgan fingerprint density at radius 1 is 1.16 bits per heavy atom. The number of benzene rings is 2. The summed E-state index contributed by atoms with van der Waals surface area (Å²) < 4.78 is 6.76. The maximum Gasteiger partial charge on any atom is 0.410 e. The van der Waals surface area contributed by atoms with Gasteiger partial charge in [-0.2, -0.15) is 0 Å². The van der Waals surface area contributed by atoms with Gasteiger partial charge in [0, 0.05) is 29.5 Å². The van der Waals surface area contributed by atoms with Gasteiger partial charge in [0.2, 0.25) is 5.91 Å². The van der Waals surface area contributed by atoms with E-state index in [0.717, 1.165) is 5.56 Å². The van der Waals surface area contributed by atoms with Crippen LogP contribution in [0.2, 0.25) is 5.02 Å². The first kappa shape index (κ1) is 27.9. The lowest BCUT2D eigenvalue weighted by molar-refractivity contribution is -0.116. The molecule has 0 saturated carbocycles. The highest BCUT2D eigenvalue weighted by molar-refractivity contribution is 6.30. The van der Waals surface area contributed by atoms with Crippen molar-refractivity contribution >= 4 is 29.3 Å². The van der Waals surface area contributed by atoms with Crippen molar-refractivity contribution in [3.05, 3.63) is 93.6 Å². The normalized spacial score (nSPS) is 12.0. The first-order chi connectivity index (χ1) is 17.5. The zero-order chi connectivity index (χ0) is 27.0. The summed E-state index contributed by atoms with van der Waals surface area (Å²) in [5.74, 6) is -0.353. The van der Waals surface area contributed by atoms with E-state index in [4.69, 9.17) is 16.3 Å². The lowest BCUT2D eigenvalue weighted by Crippen LogP contribution is -2.40. The molecule has 196 valence electrons. The number of rotatable bonds is 9. The molecule has 0 aliphatic rings. The largest absolute Gasteiger partial charge is 0.444 e. The fourth-order valence-electron chi connectivity index (χ4n) is 3.48. The van der Waals surface area contributed by atoms with E-state index < -0.39 is 17.8 Å². The van der Waals surface area contributed by atoms with E-state index in [9.17, 15) is 19.5 Å². The van der Waals surface area contributed by atoms with Crippen molar-refractivity contribution in [3.63, 3.8) is 0 Å². The molecule has 37 heavy (non-hydrogen) atoms. The summed E-state index contributed by atoms with van der Waals surface area (Å²) in [6.45, 7) is 5.56. The van der Waals surface area contributed by atoms with E-state index in [1.807, 2.05) is 12.1 Å². The van der Waals surface area contributed by atoms with Crippen molar-refractivity contribution in [2.75, 3.05) is 18.4 Å². The minimum Gasteiger partial charge on any atom is -0.444 e. The van der Waals surface area contributed by atoms with E-state index in [-0.39, 0.29) is 24.6 Å². The van der Waals surface area contributed by atoms with Crippen molar-refractivity contribution < 1.29 is 19.4 Å². The van der Waals surface area contributed by atoms with E-state index in [0.29, 0.717) is 29.2 Å². The topological polar surface area (TPSA) is 114 Å². The van der Waals surface area contributed by atoms with Gasteiger partial charge in [0.25, 0.3) is 5.56 Å². The van der Waals surface area contributed by atoms with E-state index >= 15 is 0 Å². The summed E-state index contributed by atoms with van der Waals surface area (Å²) >= 11 is 6.05. The number of amides is 2. The van der Waals surface area contributed by atoms with Crippen molar-refractivity contribution in [3.8, 4) is 0 Å². The van der Waals surface area contributed by atoms with Gasteiger partial charge >= 0.3 is 6.09 Å². The second-order valence-corrected chi connectivity index (χ2v) is 9.98. The molecule has 0 saturated heterocycles. The van der Waals surface area contributed by atoms with Crippen LogP contribution in [0.15, 0.2) is 71.9 Å². The van der Waals surface area contributed by atoms with Crippen LogP contribution in [0.25, 0.3) is 0 Å². The fraction of sp³-hybridized carbons (Fsp3) is 0.333. The Labute approximate surface area is 220 Å². The van der Waals surface area contributed by atoms with Gasteiger partial charge in [0.05, 0.1) is 19.0 Å². The summed E-state index contributed by atoms with van der Waals surface area (Å²) in [6.07, 6.45) is 1.72. The number of carbonyl (C=O) groups is 2. The Balaban J connectivity index is 1.62. The van der Waals surface area contributed by atoms with Gasteiger partial charge in [0.15, 0.2) is 0 Å². The van der Waals surface area contributed by atoms with Crippen LogP contribution >= 0.6 is 11.6 Å². The highest BCUT2D eigenvalue weighted by Crippen LogP contribution is 2.20. The number of nitrogens with one attached hydrogen (secondary N) is 1. The molecular formula is C27H31ClN4O5. The molecule has 0 aliphatic heterocycles. The minimum absolute atomic E-state index is 0.0388. The van der Waals surface area contributed by atoms with Gasteiger partial charge in [0.1, 0.15) is 12.1 Å². The lowest BCUT2D eigenvalue weighted by atomic mass is 10.1. The number of hydrogen-bond donors (Lipinski definition) is 2. The van der Waals surface area contributed by atoms with Crippen LogP contribution in [0, 0.1) is 0 Å². The number of carbonyl (C=O) groups excluding carboxylic acids is 2. The number of hydrogen-bond acceptors (Lipinski definition) is 6. The molecule has 1 atom stereocenters. The molecule has 0 unspecified atom stereocenters. The second-order valence-electron chi connectivity index (χ2n) is 9.54. The molecule has 0 spiro atoms. The SMILES string of the molecule is CC(C)(C)OC(=O)N(CCc1ccc(NC(=O)Cn2cnccc2=O)cc1)C[C@H](O)c1cccc(Cl)c1. The van der Waals surface area contributed by atoms with Crippen molar-refractivity contribution in [2.24, 2.45) is 0 Å². The second kappa shape index (κ2) is 12.5. The van der Waals surface area contributed by atoms with Crippen LogP contribution in [0.4, 0.5) is 10.5 Å². The van der Waals surface area contributed by atoms with Crippen LogP contribution in [-0.2, 0) is 22.5 Å². The molecule has 0 radical (unpaired) electrons. The van der Waals surface area contributed by atoms with E-state index in [2.05, 4.69) is 10.3 Å². The summed E-state index contributed by atoms with van der Waals surface area (Å²) in [7, 11) is 0. The van der Waals surface area contributed by atoms with Crippen molar-refractivity contribution in [1.82, 2.24) is 14.5 Å². The van der Waals surface area contributed by atoms with Crippen LogP contribution in [0.5, 0.6) is 0 Å². The summed E-state index contributed by atoms with van der Waals surface area (Å²) in [6, 6.07) is 15.3. The zero-order valence-corrected chi connectivity index (χ0v) is 21.8. The molecular weight excluding hydrogens is 496 g/mol. The molecule has 10 heteroatoms. The average molecular weight is 527 g/mol. The lowest BCUT2D eigenvalue weighted by Gasteiger charge is -2.29. The average Bonchev–Trinajstić information content (AvgIpc) is 2.83. The van der Waals surface area contributed by atoms with Gasteiger partial charge in [-0.05, 0) is 62.6 Å². The third-order valence-electron chi connectivity index (χ3n) is 5.29. The molecule has 1 aromatic heterocycles. The summed E-state index contributed by atoms with van der Waals surface area (Å²) in [4.78, 5) is 42.2.